The Labute approximate surface area is 97.8 Å². The zero-order chi connectivity index (χ0) is 12.5. The molecule has 4 bridgehead atoms. The summed E-state index contributed by atoms with van der Waals surface area (Å²) >= 11 is 0. The predicted octanol–water partition coefficient (Wildman–Crippen LogP) is 2.00. The zero-order valence-electron chi connectivity index (χ0n) is 9.13. The first-order valence-corrected chi connectivity index (χ1v) is 7.29. The molecule has 2 atom stereocenters. The zero-order valence-corrected chi connectivity index (χ0v) is 9.94. The summed E-state index contributed by atoms with van der Waals surface area (Å²) in [6, 6.07) is 0. The molecule has 17 heavy (non-hydrogen) atoms. The first-order valence-electron chi connectivity index (χ1n) is 5.81. The summed E-state index contributed by atoms with van der Waals surface area (Å²) in [6.07, 6.45) is 3.89. The van der Waals surface area contributed by atoms with Crippen molar-refractivity contribution in [2.45, 2.75) is 43.2 Å². The van der Waals surface area contributed by atoms with Crippen LogP contribution in [0.2, 0.25) is 0 Å². The molecule has 0 saturated heterocycles. The van der Waals surface area contributed by atoms with Crippen molar-refractivity contribution in [1.82, 2.24) is 4.72 Å². The molecule has 98 valence electrons. The van der Waals surface area contributed by atoms with Crippen LogP contribution in [0.15, 0.2) is 0 Å². The number of sulfonamides is 1. The minimum Gasteiger partial charge on any atom is -0.203 e. The summed E-state index contributed by atoms with van der Waals surface area (Å²) in [6.45, 7) is 0. The molecule has 0 aromatic carbocycles. The third-order valence-corrected chi connectivity index (χ3v) is 5.89. The number of hydrogen-bond acceptors (Lipinski definition) is 2. The molecule has 0 aliphatic heterocycles. The van der Waals surface area contributed by atoms with E-state index in [-0.39, 0.29) is 0 Å². The van der Waals surface area contributed by atoms with Crippen LogP contribution < -0.4 is 4.72 Å². The highest BCUT2D eigenvalue weighted by Gasteiger charge is 2.59. The van der Waals surface area contributed by atoms with E-state index in [0.717, 1.165) is 12.8 Å². The lowest BCUT2D eigenvalue weighted by molar-refractivity contribution is -0.0461. The molecule has 0 spiro atoms. The fourth-order valence-corrected chi connectivity index (χ4v) is 5.21. The maximum atomic E-state index is 12.4. The van der Waals surface area contributed by atoms with Gasteiger partial charge < -0.3 is 0 Å². The fourth-order valence-electron chi connectivity index (χ4n) is 4.28. The van der Waals surface area contributed by atoms with Crippen LogP contribution in [0.4, 0.5) is 13.2 Å². The van der Waals surface area contributed by atoms with Crippen LogP contribution in [0.5, 0.6) is 0 Å². The van der Waals surface area contributed by atoms with Gasteiger partial charge in [0, 0.05) is 5.54 Å². The minimum atomic E-state index is -5.19. The number of rotatable bonds is 2. The highest BCUT2D eigenvalue weighted by molar-refractivity contribution is 7.90. The normalized spacial score (nSPS) is 44.5. The van der Waals surface area contributed by atoms with Gasteiger partial charge in [-0.25, -0.2) is 13.1 Å². The maximum Gasteiger partial charge on any atom is 0.511 e. The number of alkyl halides is 3. The lowest BCUT2D eigenvalue weighted by atomic mass is 9.77. The average Bonchev–Trinajstić information content (AvgIpc) is 2.49. The van der Waals surface area contributed by atoms with Crippen molar-refractivity contribution in [3.05, 3.63) is 0 Å². The lowest BCUT2D eigenvalue weighted by Gasteiger charge is -2.38. The molecular weight excluding hydrogens is 255 g/mol. The van der Waals surface area contributed by atoms with Gasteiger partial charge in [-0.2, -0.15) is 13.2 Å². The first-order chi connectivity index (χ1) is 7.71. The van der Waals surface area contributed by atoms with E-state index in [0.29, 0.717) is 37.0 Å². The van der Waals surface area contributed by atoms with Gasteiger partial charge in [0.1, 0.15) is 0 Å². The summed E-state index contributed by atoms with van der Waals surface area (Å²) in [7, 11) is -5.19. The molecule has 4 fully saturated rings. The molecule has 0 aromatic heterocycles. The van der Waals surface area contributed by atoms with Crippen molar-refractivity contribution in [2.24, 2.45) is 17.8 Å². The average molecular weight is 269 g/mol. The van der Waals surface area contributed by atoms with E-state index in [1.807, 2.05) is 4.72 Å². The predicted molar refractivity (Wildman–Crippen MR) is 54.4 cm³/mol. The van der Waals surface area contributed by atoms with Gasteiger partial charge in [-0.3, -0.25) is 0 Å². The van der Waals surface area contributed by atoms with Gasteiger partial charge in [0.25, 0.3) is 0 Å². The quantitative estimate of drug-likeness (QED) is 0.833. The monoisotopic (exact) mass is 269 g/mol. The Bertz CT molecular complexity index is 425. The molecule has 4 saturated carbocycles. The van der Waals surface area contributed by atoms with Crippen molar-refractivity contribution >= 4 is 10.0 Å². The van der Waals surface area contributed by atoms with E-state index in [4.69, 9.17) is 0 Å². The van der Waals surface area contributed by atoms with Crippen molar-refractivity contribution in [2.75, 3.05) is 0 Å². The first kappa shape index (κ1) is 11.8. The molecule has 0 amide bonds. The van der Waals surface area contributed by atoms with Crippen molar-refractivity contribution in [3.8, 4) is 0 Å². The molecular formula is C10H14F3NO2S. The molecule has 4 rings (SSSR count). The Morgan fingerprint density at radius 1 is 1.06 bits per heavy atom. The van der Waals surface area contributed by atoms with Crippen molar-refractivity contribution in [1.29, 1.82) is 0 Å². The standard InChI is InChI=1S/C10H14F3NO2S/c11-10(12,13)17(15,16)14-9-3-6-1-7(4-9)8(2-6)5-9/h6-8,14H,1-5H2. The van der Waals surface area contributed by atoms with Gasteiger partial charge in [0.15, 0.2) is 0 Å². The molecule has 4 aliphatic carbocycles. The Morgan fingerprint density at radius 2 is 1.59 bits per heavy atom. The molecule has 0 heterocycles. The highest BCUT2D eigenvalue weighted by atomic mass is 32.2. The van der Waals surface area contributed by atoms with Gasteiger partial charge in [-0.15, -0.1) is 0 Å². The van der Waals surface area contributed by atoms with E-state index in [2.05, 4.69) is 0 Å². The summed E-state index contributed by atoms with van der Waals surface area (Å²) in [4.78, 5) is 0. The molecule has 4 aliphatic rings. The maximum absolute atomic E-state index is 12.4. The van der Waals surface area contributed by atoms with Crippen LogP contribution in [-0.4, -0.2) is 19.5 Å². The fraction of sp³-hybridized carbons (Fsp3) is 1.00. The van der Waals surface area contributed by atoms with Gasteiger partial charge in [-0.05, 0) is 49.9 Å². The van der Waals surface area contributed by atoms with Crippen LogP contribution in [0.1, 0.15) is 32.1 Å². The third kappa shape index (κ3) is 1.69. The molecule has 7 heteroatoms. The Kier molecular flexibility index (Phi) is 2.20. The van der Waals surface area contributed by atoms with E-state index < -0.39 is 21.1 Å². The topological polar surface area (TPSA) is 46.2 Å². The second kappa shape index (κ2) is 3.17. The van der Waals surface area contributed by atoms with E-state index in [9.17, 15) is 21.6 Å². The second-order valence-corrected chi connectivity index (χ2v) is 7.48. The van der Waals surface area contributed by atoms with E-state index >= 15 is 0 Å². The number of nitrogens with one attached hydrogen (secondary N) is 1. The van der Waals surface area contributed by atoms with E-state index in [1.165, 1.54) is 0 Å². The Hall–Kier alpha value is -0.300. The highest BCUT2D eigenvalue weighted by Crippen LogP contribution is 2.60. The SMILES string of the molecule is O=S(=O)(NC12CC3CC(C1)C(C3)C2)C(F)(F)F. The van der Waals surface area contributed by atoms with Gasteiger partial charge in [-0.1, -0.05) is 0 Å². The van der Waals surface area contributed by atoms with Crippen LogP contribution in [-0.2, 0) is 10.0 Å². The van der Waals surface area contributed by atoms with Crippen LogP contribution >= 0.6 is 0 Å². The minimum absolute atomic E-state index is 0.420. The Morgan fingerprint density at radius 3 is 2.00 bits per heavy atom. The third-order valence-electron chi connectivity index (χ3n) is 4.58. The smallest absolute Gasteiger partial charge is 0.203 e. The number of halogens is 3. The summed E-state index contributed by atoms with van der Waals surface area (Å²) < 4.78 is 61.4. The van der Waals surface area contributed by atoms with Gasteiger partial charge in [0.05, 0.1) is 0 Å². The van der Waals surface area contributed by atoms with Crippen LogP contribution in [0.3, 0.4) is 0 Å². The molecule has 1 N–H and O–H groups in total. The Balaban J connectivity index is 1.84. The summed E-state index contributed by atoms with van der Waals surface area (Å²) in [5.74, 6) is 1.29. The van der Waals surface area contributed by atoms with Crippen molar-refractivity contribution < 1.29 is 21.6 Å². The largest absolute Gasteiger partial charge is 0.511 e. The molecule has 0 radical (unpaired) electrons. The molecule has 3 nitrogen and oxygen atoms in total. The molecule has 2 unspecified atom stereocenters. The van der Waals surface area contributed by atoms with Crippen LogP contribution in [0, 0.1) is 17.8 Å². The summed E-state index contributed by atoms with van der Waals surface area (Å²) in [5.41, 5.74) is -5.99. The summed E-state index contributed by atoms with van der Waals surface area (Å²) in [5, 5.41) is 0. The van der Waals surface area contributed by atoms with Crippen LogP contribution in [0.25, 0.3) is 0 Å². The molecule has 0 aromatic rings. The van der Waals surface area contributed by atoms with Crippen molar-refractivity contribution in [3.63, 3.8) is 0 Å². The van der Waals surface area contributed by atoms with Gasteiger partial charge >= 0.3 is 15.5 Å². The number of hydrogen-bond donors (Lipinski definition) is 1. The van der Waals surface area contributed by atoms with Gasteiger partial charge in [0.2, 0.25) is 0 Å². The lowest BCUT2D eigenvalue weighted by Crippen LogP contribution is -2.53. The van der Waals surface area contributed by atoms with E-state index in [1.54, 1.807) is 0 Å². The second-order valence-electron chi connectivity index (χ2n) is 5.80.